The van der Waals surface area contributed by atoms with E-state index in [2.05, 4.69) is 92.4 Å². The molecule has 32 N–H and O–H groups in total. The molecule has 0 aromatic heterocycles. The van der Waals surface area contributed by atoms with Gasteiger partial charge in [0.25, 0.3) is 0 Å². The molecule has 822 valence electrons. The molecule has 20 atom stereocenters. The van der Waals surface area contributed by atoms with E-state index in [-0.39, 0.29) is 102 Å². The number of carboxylic acids is 6. The van der Waals surface area contributed by atoms with Gasteiger partial charge in [0.15, 0.2) is 0 Å². The zero-order chi connectivity index (χ0) is 112. The number of carbonyl (C=O) groups is 24. The van der Waals surface area contributed by atoms with Gasteiger partial charge in [0.2, 0.25) is 106 Å². The minimum atomic E-state index is -5.08. The first-order valence-corrected chi connectivity index (χ1v) is 47.8. The second-order valence-corrected chi connectivity index (χ2v) is 36.1. The normalized spacial score (nSPS) is 16.1. The third-order valence-corrected chi connectivity index (χ3v) is 23.5. The van der Waals surface area contributed by atoms with Crippen LogP contribution in [0.2, 0.25) is 0 Å². The minimum Gasteiger partial charge on any atom is -0.508 e. The summed E-state index contributed by atoms with van der Waals surface area (Å²) in [6.07, 6.45) is -10.5. The molecule has 1 heterocycles. The molecule has 1 saturated heterocycles. The van der Waals surface area contributed by atoms with Crippen LogP contribution in [0, 0.1) is 29.6 Å². The smallest absolute Gasteiger partial charge is 0.490 e. The summed E-state index contributed by atoms with van der Waals surface area (Å²) in [5.41, 5.74) is 23.3. The number of aliphatic hydroxyl groups is 1. The van der Waals surface area contributed by atoms with Crippen molar-refractivity contribution >= 4 is 155 Å². The number of aliphatic carboxylic acids is 6. The predicted octanol–water partition coefficient (Wildman–Crippen LogP) is -6.44. The summed E-state index contributed by atoms with van der Waals surface area (Å²) >= 11 is 3.99. The Morgan fingerprint density at radius 1 is 0.438 bits per heavy atom. The van der Waals surface area contributed by atoms with Crippen molar-refractivity contribution in [3.8, 4) is 5.75 Å². The van der Waals surface area contributed by atoms with Gasteiger partial charge < -0.3 is 154 Å². The number of nitrogens with zero attached hydrogens (tertiary/aromatic N) is 1. The van der Waals surface area contributed by atoms with E-state index in [1.807, 2.05) is 5.32 Å². The van der Waals surface area contributed by atoms with Crippen LogP contribution in [-0.4, -0.2) is 335 Å². The number of hydrogen-bond donors (Lipinski definition) is 29. The molecular weight excluding hydrogens is 1960 g/mol. The van der Waals surface area contributed by atoms with Gasteiger partial charge in [-0.05, 0) is 132 Å². The van der Waals surface area contributed by atoms with Crippen molar-refractivity contribution in [2.24, 2.45) is 52.5 Å². The average molecular weight is 2110 g/mol. The van der Waals surface area contributed by atoms with Crippen molar-refractivity contribution in [2.45, 2.75) is 307 Å². The maximum atomic E-state index is 14.9. The molecule has 2 rings (SSSR count). The molecule has 18 amide bonds. The Morgan fingerprint density at radius 3 is 1.23 bits per heavy atom. The van der Waals surface area contributed by atoms with Crippen molar-refractivity contribution < 1.29 is 169 Å². The summed E-state index contributed by atoms with van der Waals surface area (Å²) in [6.45, 7) is 15.2. The van der Waals surface area contributed by atoms with E-state index in [0.717, 1.165) is 11.8 Å². The van der Waals surface area contributed by atoms with Crippen LogP contribution in [-0.2, 0) is 121 Å². The largest absolute Gasteiger partial charge is 0.508 e. The van der Waals surface area contributed by atoms with Crippen molar-refractivity contribution in [1.29, 1.82) is 0 Å². The molecule has 0 aliphatic carbocycles. The number of primary amides is 1. The fraction of sp³-hybridized carbons (Fsp3) is 0.663. The van der Waals surface area contributed by atoms with Crippen molar-refractivity contribution in [1.82, 2.24) is 90.0 Å². The SMILES string of the molecule is CC[C@H](C)[C@H](NC(=O)CNC(=O)[C@@H](N)CS)C(=O)N[C@@H](CCCCN)C(=O)N[C@@H](Cc1ccc(O)cc1)C(=O)N[C@H](C(=O)N[C@@H](CCCCN)C(=O)N[C@@H](CC(=O)O)C(=O)N[C@@H](CC(=O)O)C(=O)N[C@H](C(=O)N[C@H](C(=O)N[C@@H](CC(C)C)C(=O)N[C@@H](CC(N)=O)C(=O)N[C@@H](CCC(=O)O)C(=O)N1CCC[C@H]1C(=O)N[C@@H](CO)C(=O)N[C@@H](C)C(=O)N[C@@H](CC(=O)O)C(=O)O)[C@@H](C)CC)C(C)C)[C@@H](C)CC.O=C(O)C(F)(F)F. The maximum Gasteiger partial charge on any atom is 0.490 e. The fourth-order valence-corrected chi connectivity index (χ4v) is 14.3. The lowest BCUT2D eigenvalue weighted by atomic mass is 9.95. The molecule has 57 heteroatoms. The van der Waals surface area contributed by atoms with Gasteiger partial charge in [0.05, 0.1) is 44.9 Å². The van der Waals surface area contributed by atoms with Gasteiger partial charge >= 0.3 is 42.0 Å². The number of alkyl halides is 3. The average Bonchev–Trinajstić information content (AvgIpc) is 1.66. The van der Waals surface area contributed by atoms with E-state index in [0.29, 0.717) is 18.4 Å². The number of carbonyl (C=O) groups excluding carboxylic acids is 18. The zero-order valence-electron chi connectivity index (χ0n) is 82.9. The Labute approximate surface area is 844 Å². The van der Waals surface area contributed by atoms with Crippen LogP contribution in [0.15, 0.2) is 24.3 Å². The number of halogens is 3. The van der Waals surface area contributed by atoms with Gasteiger partial charge in [0, 0.05) is 25.1 Å². The van der Waals surface area contributed by atoms with E-state index in [1.54, 1.807) is 48.5 Å². The first kappa shape index (κ1) is 130. The highest BCUT2D eigenvalue weighted by molar-refractivity contribution is 7.80. The predicted molar refractivity (Wildman–Crippen MR) is 510 cm³/mol. The van der Waals surface area contributed by atoms with Crippen molar-refractivity contribution in [2.75, 3.05) is 38.5 Å². The van der Waals surface area contributed by atoms with E-state index >= 15 is 0 Å². The second-order valence-electron chi connectivity index (χ2n) is 35.7. The molecule has 1 fully saturated rings. The number of nitrogens with two attached hydrogens (primary N) is 4. The molecule has 0 radical (unpaired) electrons. The van der Waals surface area contributed by atoms with Crippen LogP contribution in [0.1, 0.15) is 197 Å². The molecular formula is C89H142F3N21O32S. The fourth-order valence-electron chi connectivity index (χ4n) is 14.2. The highest BCUT2D eigenvalue weighted by Crippen LogP contribution is 2.24. The standard InChI is InChI=1S/C87H141N21O30S.C2HF3O2/c1-12-43(8)68(104-62(112)38-92-72(122)49(90)40-139)83(133)94-50(20-15-17-29-88)73(123)97-54(33-47-23-25-48(110)26-24-47)78(128)106-69(44(9)13-2)84(134)95-51(21-16-18-30-89)74(124)99-56(35-64(115)116)77(127)100-57(36-65(117)118)79(129)105-67(42(6)7)82(132)107-70(45(10)14-3)85(135)101-53(32-41(4)5)75(125)98-55(34-61(91)111)76(126)96-52(27-28-63(113)114)86(136)108-31-19-22-60(108)81(131)103-59(39-109)80(130)93-46(11)71(121)102-58(87(137)138)37-66(119)120;3-2(4,5)1(6)7/h23-26,41-46,49-60,67-70,109-110,139H,12-22,27-40,88-90H2,1-11H3,(H2,91,111)(H,92,122)(H,93,130)(H,94,133)(H,95,134)(H,96,126)(H,97,123)(H,98,125)(H,99,124)(H,100,127)(H,101,135)(H,102,121)(H,103,131)(H,104,112)(H,105,129)(H,106,128)(H,107,132)(H,113,114)(H,115,116)(H,117,118)(H,119,120)(H,137,138);(H,6,7)/t43-,44-,45-,46-,49-,50-,51-,52-,53-,54-,55-,56-,57-,58-,59-,60-,67-,68-,69-,70-;/m0./s1. The van der Waals surface area contributed by atoms with Crippen LogP contribution < -0.4 is 108 Å². The first-order chi connectivity index (χ1) is 68.2. The van der Waals surface area contributed by atoms with Crippen LogP contribution in [0.25, 0.3) is 0 Å². The number of hydrogen-bond acceptors (Lipinski definition) is 30. The summed E-state index contributed by atoms with van der Waals surface area (Å²) in [4.78, 5) is 322. The van der Waals surface area contributed by atoms with Gasteiger partial charge in [-0.3, -0.25) is 105 Å². The number of benzene rings is 1. The van der Waals surface area contributed by atoms with E-state index in [9.17, 15) is 154 Å². The monoisotopic (exact) mass is 2110 g/mol. The molecule has 1 aliphatic rings. The molecule has 0 bridgehead atoms. The van der Waals surface area contributed by atoms with Crippen LogP contribution >= 0.6 is 12.6 Å². The number of rotatable bonds is 66. The molecule has 1 aromatic carbocycles. The molecule has 1 aliphatic heterocycles. The molecule has 0 spiro atoms. The van der Waals surface area contributed by atoms with Gasteiger partial charge in [0.1, 0.15) is 102 Å². The number of unbranched alkanes of at least 4 members (excludes halogenated alkanes) is 2. The molecule has 146 heavy (non-hydrogen) atoms. The Hall–Kier alpha value is -13.7. The number of phenolic OH excluding ortho intramolecular Hbond substituents is 1. The number of aromatic hydroxyl groups is 1. The van der Waals surface area contributed by atoms with Gasteiger partial charge in [-0.25, -0.2) is 9.59 Å². The molecule has 1 aromatic rings. The number of thiol groups is 1. The number of carboxylic acid groups (broad SMARTS) is 6. The van der Waals surface area contributed by atoms with Gasteiger partial charge in [-0.2, -0.15) is 25.8 Å². The van der Waals surface area contributed by atoms with Crippen LogP contribution in [0.4, 0.5) is 13.2 Å². The Morgan fingerprint density at radius 2 is 0.815 bits per heavy atom. The zero-order valence-corrected chi connectivity index (χ0v) is 83.8. The second kappa shape index (κ2) is 65.6. The number of aliphatic hydroxyl groups excluding tert-OH is 1. The molecule has 0 unspecified atom stereocenters. The van der Waals surface area contributed by atoms with E-state index < -0.39 is 332 Å². The topological polar surface area (TPSA) is 871 Å². The number of phenols is 1. The summed E-state index contributed by atoms with van der Waals surface area (Å²) < 4.78 is 31.7. The third kappa shape index (κ3) is 47.4. The summed E-state index contributed by atoms with van der Waals surface area (Å²) in [5.74, 6) is -34.5. The van der Waals surface area contributed by atoms with Gasteiger partial charge in [-0.1, -0.05) is 101 Å². The van der Waals surface area contributed by atoms with Gasteiger partial charge in [-0.15, -0.1) is 0 Å². The number of amides is 18. The maximum absolute atomic E-state index is 14.9. The van der Waals surface area contributed by atoms with Crippen LogP contribution in [0.3, 0.4) is 0 Å². The first-order valence-electron chi connectivity index (χ1n) is 47.1. The lowest BCUT2D eigenvalue weighted by molar-refractivity contribution is -0.192. The number of nitrogens with one attached hydrogen (secondary N) is 16. The van der Waals surface area contributed by atoms with Crippen LogP contribution in [0.5, 0.6) is 5.75 Å². The summed E-state index contributed by atoms with van der Waals surface area (Å²) in [7, 11) is 0. The quantitative estimate of drug-likeness (QED) is 0.0213. The highest BCUT2D eigenvalue weighted by Gasteiger charge is 2.45. The lowest BCUT2D eigenvalue weighted by Crippen LogP contribution is -2.62. The van der Waals surface area contributed by atoms with E-state index in [4.69, 9.17) is 37.9 Å². The Kier molecular flexibility index (Phi) is 58.6. The number of likely N-dealkylation sites (tertiary alicyclic amines) is 1. The summed E-state index contributed by atoms with van der Waals surface area (Å²) in [5, 5.41) is 114. The lowest BCUT2D eigenvalue weighted by Gasteiger charge is -2.31. The highest BCUT2D eigenvalue weighted by atomic mass is 32.1. The minimum absolute atomic E-state index is 0.0289. The Balaban J connectivity index is 0.0000146. The van der Waals surface area contributed by atoms with Crippen molar-refractivity contribution in [3.05, 3.63) is 29.8 Å². The third-order valence-electron chi connectivity index (χ3n) is 23.1. The molecule has 53 nitrogen and oxygen atoms in total. The van der Waals surface area contributed by atoms with E-state index in [1.165, 1.54) is 45.0 Å². The molecule has 0 saturated carbocycles. The summed E-state index contributed by atoms with van der Waals surface area (Å²) in [6, 6.07) is -23.1. The Bertz CT molecular complexity index is 4660. The van der Waals surface area contributed by atoms with Crippen molar-refractivity contribution in [3.63, 3.8) is 0 Å².